The zero-order valence-corrected chi connectivity index (χ0v) is 20.3. The Balaban J connectivity index is 1.99. The maximum Gasteiger partial charge on any atom is 0.256 e. The van der Waals surface area contributed by atoms with Crippen LogP contribution in [0.2, 0.25) is 10.0 Å². The van der Waals surface area contributed by atoms with Crippen molar-refractivity contribution in [2.45, 2.75) is 0 Å². The first-order valence-electron chi connectivity index (χ1n) is 9.87. The topological polar surface area (TPSA) is 95.1 Å². The lowest BCUT2D eigenvalue weighted by atomic mass is 10.1. The minimum atomic E-state index is -0.604. The molecule has 0 saturated heterocycles. The van der Waals surface area contributed by atoms with Gasteiger partial charge in [0.1, 0.15) is 23.0 Å². The van der Waals surface area contributed by atoms with Crippen LogP contribution in [-0.4, -0.2) is 40.3 Å². The zero-order chi connectivity index (χ0) is 24.8. The molecule has 2 amide bonds. The van der Waals surface area contributed by atoms with Gasteiger partial charge in [-0.25, -0.2) is 0 Å². The summed E-state index contributed by atoms with van der Waals surface area (Å²) in [5.41, 5.74) is 0.690. The van der Waals surface area contributed by atoms with Crippen LogP contribution in [-0.2, 0) is 0 Å². The van der Waals surface area contributed by atoms with Crippen LogP contribution >= 0.6 is 23.2 Å². The minimum Gasteiger partial charge on any atom is -0.497 e. The highest BCUT2D eigenvalue weighted by Gasteiger charge is 2.22. The molecule has 3 rings (SSSR count). The lowest BCUT2D eigenvalue weighted by molar-refractivity contribution is 0.0990. The predicted octanol–water partition coefficient (Wildman–Crippen LogP) is 5.53. The fraction of sp³-hybridized carbons (Fsp3) is 0.167. The summed E-state index contributed by atoms with van der Waals surface area (Å²) in [5.74, 6) is 0.616. The first kappa shape index (κ1) is 25.0. The number of benzene rings is 3. The summed E-state index contributed by atoms with van der Waals surface area (Å²) in [6, 6.07) is 12.5. The number of hydrogen-bond donors (Lipinski definition) is 2. The van der Waals surface area contributed by atoms with Gasteiger partial charge >= 0.3 is 0 Å². The largest absolute Gasteiger partial charge is 0.497 e. The third-order valence-corrected chi connectivity index (χ3v) is 5.58. The van der Waals surface area contributed by atoms with E-state index in [1.165, 1.54) is 40.6 Å². The van der Waals surface area contributed by atoms with Gasteiger partial charge in [0.05, 0.1) is 61.0 Å². The van der Waals surface area contributed by atoms with Crippen LogP contribution in [0, 0.1) is 0 Å². The van der Waals surface area contributed by atoms with E-state index in [-0.39, 0.29) is 21.2 Å². The molecule has 0 fully saturated rings. The molecule has 0 saturated carbocycles. The lowest BCUT2D eigenvalue weighted by Crippen LogP contribution is -2.21. The fourth-order valence-corrected chi connectivity index (χ4v) is 3.45. The van der Waals surface area contributed by atoms with Crippen molar-refractivity contribution in [1.29, 1.82) is 0 Å². The number of hydrogen-bond acceptors (Lipinski definition) is 6. The van der Waals surface area contributed by atoms with E-state index in [0.29, 0.717) is 34.4 Å². The Morgan fingerprint density at radius 3 is 1.32 bits per heavy atom. The normalized spacial score (nSPS) is 10.3. The molecule has 0 aromatic heterocycles. The first-order valence-corrected chi connectivity index (χ1v) is 10.6. The zero-order valence-electron chi connectivity index (χ0n) is 18.8. The molecule has 0 aliphatic heterocycles. The molecule has 3 aromatic rings. The number of carbonyl (C=O) groups excluding carboxylic acids is 2. The van der Waals surface area contributed by atoms with Crippen LogP contribution in [0.25, 0.3) is 0 Å². The van der Waals surface area contributed by atoms with Crippen molar-refractivity contribution < 1.29 is 28.5 Å². The molecule has 34 heavy (non-hydrogen) atoms. The lowest BCUT2D eigenvalue weighted by Gasteiger charge is -2.16. The van der Waals surface area contributed by atoms with Crippen molar-refractivity contribution in [1.82, 2.24) is 0 Å². The maximum absolute atomic E-state index is 13.2. The molecule has 178 valence electrons. The van der Waals surface area contributed by atoms with Gasteiger partial charge < -0.3 is 29.6 Å². The molecule has 2 N–H and O–H groups in total. The second kappa shape index (κ2) is 11.0. The van der Waals surface area contributed by atoms with Gasteiger partial charge in [-0.15, -0.1) is 0 Å². The number of rotatable bonds is 8. The summed E-state index contributed by atoms with van der Waals surface area (Å²) in [7, 11) is 5.94. The highest BCUT2D eigenvalue weighted by atomic mass is 35.5. The van der Waals surface area contributed by atoms with Crippen molar-refractivity contribution in [2.75, 3.05) is 39.1 Å². The average Bonchev–Trinajstić information content (AvgIpc) is 2.85. The van der Waals surface area contributed by atoms with E-state index in [1.54, 1.807) is 36.4 Å². The highest BCUT2D eigenvalue weighted by molar-refractivity contribution is 6.42. The van der Waals surface area contributed by atoms with Crippen molar-refractivity contribution in [2.24, 2.45) is 0 Å². The molecule has 0 spiro atoms. The molecule has 0 radical (unpaired) electrons. The molecule has 0 aliphatic carbocycles. The Bertz CT molecular complexity index is 1140. The van der Waals surface area contributed by atoms with Crippen LogP contribution in [0.4, 0.5) is 11.4 Å². The van der Waals surface area contributed by atoms with Gasteiger partial charge in [0.25, 0.3) is 11.8 Å². The number of carbonyl (C=O) groups is 2. The monoisotopic (exact) mass is 504 g/mol. The SMILES string of the molecule is COc1ccc(OC)c(NC(=O)c2cc(Cl)c(Cl)cc2C(=O)Nc2cc(OC)ccc2OC)c1. The van der Waals surface area contributed by atoms with Crippen LogP contribution < -0.4 is 29.6 Å². The van der Waals surface area contributed by atoms with Crippen LogP contribution in [0.3, 0.4) is 0 Å². The van der Waals surface area contributed by atoms with E-state index in [1.807, 2.05) is 0 Å². The molecule has 3 aromatic carbocycles. The van der Waals surface area contributed by atoms with E-state index in [2.05, 4.69) is 10.6 Å². The smallest absolute Gasteiger partial charge is 0.256 e. The predicted molar refractivity (Wildman–Crippen MR) is 131 cm³/mol. The highest BCUT2D eigenvalue weighted by Crippen LogP contribution is 2.33. The minimum absolute atomic E-state index is 0.00126. The second-order valence-electron chi connectivity index (χ2n) is 6.85. The second-order valence-corrected chi connectivity index (χ2v) is 7.67. The van der Waals surface area contributed by atoms with Gasteiger partial charge in [-0.3, -0.25) is 9.59 Å². The number of anilines is 2. The van der Waals surface area contributed by atoms with Crippen molar-refractivity contribution in [3.8, 4) is 23.0 Å². The van der Waals surface area contributed by atoms with Gasteiger partial charge in [0, 0.05) is 12.1 Å². The van der Waals surface area contributed by atoms with Gasteiger partial charge in [-0.1, -0.05) is 23.2 Å². The summed E-state index contributed by atoms with van der Waals surface area (Å²) >= 11 is 12.3. The fourth-order valence-electron chi connectivity index (χ4n) is 3.13. The standard InChI is InChI=1S/C24H22Cl2N2O6/c1-31-13-5-7-21(33-3)19(9-13)27-23(29)15-11-17(25)18(26)12-16(15)24(30)28-20-10-14(32-2)6-8-22(20)34-4/h5-12H,1-4H3,(H,27,29)(H,28,30). The number of ether oxygens (including phenoxy) is 4. The summed E-state index contributed by atoms with van der Waals surface area (Å²) in [6.45, 7) is 0. The number of nitrogens with one attached hydrogen (secondary N) is 2. The summed E-state index contributed by atoms with van der Waals surface area (Å²) in [5, 5.41) is 5.68. The molecule has 0 atom stereocenters. The molecule has 8 nitrogen and oxygen atoms in total. The maximum atomic E-state index is 13.2. The molecule has 0 aliphatic rings. The van der Waals surface area contributed by atoms with E-state index in [0.717, 1.165) is 0 Å². The molecule has 0 heterocycles. The molecular formula is C24H22Cl2N2O6. The summed E-state index contributed by atoms with van der Waals surface area (Å²) in [4.78, 5) is 26.4. The van der Waals surface area contributed by atoms with Crippen LogP contribution in [0.15, 0.2) is 48.5 Å². The van der Waals surface area contributed by atoms with Gasteiger partial charge in [-0.2, -0.15) is 0 Å². The first-order chi connectivity index (χ1) is 16.3. The van der Waals surface area contributed by atoms with Crippen molar-refractivity contribution >= 4 is 46.4 Å². The van der Waals surface area contributed by atoms with E-state index >= 15 is 0 Å². The summed E-state index contributed by atoms with van der Waals surface area (Å²) in [6.07, 6.45) is 0. The Labute approximate surface area is 206 Å². The number of amides is 2. The molecular weight excluding hydrogens is 483 g/mol. The van der Waals surface area contributed by atoms with Gasteiger partial charge in [-0.05, 0) is 36.4 Å². The number of halogens is 2. The Kier molecular flexibility index (Phi) is 8.09. The molecule has 10 heteroatoms. The van der Waals surface area contributed by atoms with Crippen LogP contribution in [0.1, 0.15) is 20.7 Å². The van der Waals surface area contributed by atoms with E-state index in [9.17, 15) is 9.59 Å². The van der Waals surface area contributed by atoms with Crippen molar-refractivity contribution in [3.05, 3.63) is 69.7 Å². The molecule has 0 bridgehead atoms. The van der Waals surface area contributed by atoms with Gasteiger partial charge in [0.2, 0.25) is 0 Å². The summed E-state index contributed by atoms with van der Waals surface area (Å²) < 4.78 is 21.0. The van der Waals surface area contributed by atoms with Crippen LogP contribution in [0.5, 0.6) is 23.0 Å². The number of methoxy groups -OCH3 is 4. The Morgan fingerprint density at radius 2 is 1.00 bits per heavy atom. The molecule has 0 unspecified atom stereocenters. The van der Waals surface area contributed by atoms with Crippen molar-refractivity contribution in [3.63, 3.8) is 0 Å². The average molecular weight is 505 g/mol. The van der Waals surface area contributed by atoms with E-state index in [4.69, 9.17) is 42.1 Å². The van der Waals surface area contributed by atoms with Gasteiger partial charge in [0.15, 0.2) is 0 Å². The Morgan fingerprint density at radius 1 is 0.618 bits per heavy atom. The Hall–Kier alpha value is -3.62. The van der Waals surface area contributed by atoms with E-state index < -0.39 is 11.8 Å². The third-order valence-electron chi connectivity index (χ3n) is 4.86. The quantitative estimate of drug-likeness (QED) is 0.418. The third kappa shape index (κ3) is 5.47.